The van der Waals surface area contributed by atoms with Gasteiger partial charge in [-0.3, -0.25) is 19.8 Å². The minimum absolute atomic E-state index is 0.0124. The number of carboxylic acids is 1. The molecule has 1 aliphatic heterocycles. The van der Waals surface area contributed by atoms with Crippen LogP contribution in [0.4, 0.5) is 0 Å². The van der Waals surface area contributed by atoms with E-state index in [0.717, 1.165) is 31.3 Å². The van der Waals surface area contributed by atoms with Gasteiger partial charge in [0, 0.05) is 29.7 Å². The number of carbonyl (C=O) groups is 3. The first kappa shape index (κ1) is 33.9. The lowest BCUT2D eigenvalue weighted by Gasteiger charge is -2.70. The van der Waals surface area contributed by atoms with Gasteiger partial charge in [0.1, 0.15) is 12.2 Å². The Kier molecular flexibility index (Phi) is 8.55. The van der Waals surface area contributed by atoms with Crippen molar-refractivity contribution in [3.63, 3.8) is 0 Å². The van der Waals surface area contributed by atoms with Crippen LogP contribution in [0.1, 0.15) is 87.5 Å². The van der Waals surface area contributed by atoms with E-state index in [2.05, 4.69) is 46.9 Å². The monoisotopic (exact) mass is 629 g/mol. The van der Waals surface area contributed by atoms with Crippen LogP contribution >= 0.6 is 0 Å². The molecule has 3 saturated carbocycles. The van der Waals surface area contributed by atoms with Gasteiger partial charge in [-0.1, -0.05) is 54.0 Å². The Labute approximate surface area is 268 Å². The lowest BCUT2D eigenvalue weighted by atomic mass is 9.34. The molecule has 1 heterocycles. The fourth-order valence-corrected chi connectivity index (χ4v) is 11.3. The summed E-state index contributed by atoms with van der Waals surface area (Å²) in [5, 5.41) is 21.1. The number of nitrogens with one attached hydrogen (secondary N) is 2. The van der Waals surface area contributed by atoms with Crippen molar-refractivity contribution in [3.05, 3.63) is 11.6 Å². The number of ether oxygens (including phenoxy) is 3. The number of carbonyl (C=O) groups excluding carboxylic acids is 2. The summed E-state index contributed by atoms with van der Waals surface area (Å²) in [4.78, 5) is 40.5. The van der Waals surface area contributed by atoms with Crippen LogP contribution < -0.4 is 11.1 Å². The van der Waals surface area contributed by atoms with Gasteiger partial charge in [-0.05, 0) is 72.7 Å². The molecule has 5 N–H and O–H groups in total. The van der Waals surface area contributed by atoms with E-state index in [0.29, 0.717) is 26.2 Å². The minimum atomic E-state index is -1.06. The molecule has 45 heavy (non-hydrogen) atoms. The summed E-state index contributed by atoms with van der Waals surface area (Å²) in [5.74, 6) is -1.74. The van der Waals surface area contributed by atoms with E-state index in [9.17, 15) is 19.5 Å². The first-order valence-electron chi connectivity index (χ1n) is 16.8. The average molecular weight is 630 g/mol. The molecular formula is C35H55N3O7. The smallest absolute Gasteiger partial charge is 0.308 e. The van der Waals surface area contributed by atoms with Crippen LogP contribution in [0, 0.1) is 62.1 Å². The molecule has 5 aliphatic rings. The first-order valence-corrected chi connectivity index (χ1v) is 16.8. The zero-order valence-electron chi connectivity index (χ0n) is 28.5. The summed E-state index contributed by atoms with van der Waals surface area (Å²) in [6, 6.07) is 0. The Morgan fingerprint density at radius 2 is 1.84 bits per heavy atom. The lowest BCUT2D eigenvalue weighted by molar-refractivity contribution is -0.265. The number of aliphatic carboxylic acids is 1. The van der Waals surface area contributed by atoms with Gasteiger partial charge in [-0.2, -0.15) is 0 Å². The van der Waals surface area contributed by atoms with Gasteiger partial charge in [-0.15, -0.1) is 0 Å². The van der Waals surface area contributed by atoms with Crippen LogP contribution in [0.5, 0.6) is 0 Å². The minimum Gasteiger partial charge on any atom is -0.481 e. The van der Waals surface area contributed by atoms with Gasteiger partial charge in [0.05, 0.1) is 25.7 Å². The second-order valence-corrected chi connectivity index (χ2v) is 16.2. The summed E-state index contributed by atoms with van der Waals surface area (Å²) < 4.78 is 18.9. The maximum Gasteiger partial charge on any atom is 0.308 e. The third-order valence-corrected chi connectivity index (χ3v) is 14.0. The molecule has 0 aromatic heterocycles. The zero-order valence-corrected chi connectivity index (χ0v) is 28.5. The molecular weight excluding hydrogens is 574 g/mol. The Balaban J connectivity index is 1.59. The van der Waals surface area contributed by atoms with Crippen molar-refractivity contribution in [1.29, 1.82) is 5.41 Å². The standard InChI is InChI=1S/C35H55N3O7/c1-19(2)20(3)31(5)11-12-33(7)22-9-10-25-32(6)17-43-18-35(25,23(22)15-26(40)34(33,8)27(31)29(41)42)16-24(45-21(4)39)28(32)44-14-13-38-30(36)37/h15,19-20,22,24-25,27-28H,9-14,16-18H2,1-8H3,(H,41,42)(H4,36,37,38)/t20-,22+,24-,25+,27-,28+,31-,32+,33-,34+,35-/m1/s1. The maximum atomic E-state index is 14.7. The highest BCUT2D eigenvalue weighted by atomic mass is 16.6. The summed E-state index contributed by atoms with van der Waals surface area (Å²) in [6.45, 7) is 17.7. The second kappa shape index (κ2) is 11.4. The molecule has 4 aliphatic carbocycles. The molecule has 0 radical (unpaired) electrons. The number of esters is 1. The predicted molar refractivity (Wildman–Crippen MR) is 169 cm³/mol. The normalized spacial score (nSPS) is 44.5. The highest BCUT2D eigenvalue weighted by Crippen LogP contribution is 2.74. The quantitative estimate of drug-likeness (QED) is 0.131. The number of allylic oxidation sites excluding steroid dienone is 1. The van der Waals surface area contributed by atoms with Crippen LogP contribution in [-0.4, -0.2) is 67.4 Å². The Morgan fingerprint density at radius 3 is 2.44 bits per heavy atom. The molecule has 1 saturated heterocycles. The lowest BCUT2D eigenvalue weighted by Crippen LogP contribution is -2.71. The van der Waals surface area contributed by atoms with Crippen molar-refractivity contribution >= 4 is 23.7 Å². The molecule has 0 aromatic carbocycles. The molecule has 0 unspecified atom stereocenters. The van der Waals surface area contributed by atoms with Gasteiger partial charge < -0.3 is 30.4 Å². The summed E-state index contributed by atoms with van der Waals surface area (Å²) >= 11 is 0. The topological polar surface area (TPSA) is 161 Å². The molecule has 0 aromatic rings. The SMILES string of the molecule is CC(=O)O[C@@H]1C[C@]23COC[C@@](C)([C@@H]2CC[C@H]2C3=CC(=O)[C@@]3(C)[C@H](C(=O)O)[C@@](C)([C@H](C)C(C)C)CC[C@]23C)[C@H]1OCCNC(=N)N. The van der Waals surface area contributed by atoms with Gasteiger partial charge >= 0.3 is 11.9 Å². The van der Waals surface area contributed by atoms with Gasteiger partial charge in [0.25, 0.3) is 0 Å². The molecule has 5 rings (SSSR count). The van der Waals surface area contributed by atoms with E-state index in [1.807, 2.05) is 13.0 Å². The van der Waals surface area contributed by atoms with Gasteiger partial charge in [0.15, 0.2) is 11.7 Å². The summed E-state index contributed by atoms with van der Waals surface area (Å²) in [7, 11) is 0. The highest BCUT2D eigenvalue weighted by Gasteiger charge is 2.74. The second-order valence-electron chi connectivity index (χ2n) is 16.2. The van der Waals surface area contributed by atoms with Gasteiger partial charge in [-0.25, -0.2) is 0 Å². The molecule has 252 valence electrons. The third-order valence-electron chi connectivity index (χ3n) is 14.0. The number of ketones is 1. The molecule has 10 nitrogen and oxygen atoms in total. The van der Waals surface area contributed by atoms with E-state index in [4.69, 9.17) is 25.4 Å². The van der Waals surface area contributed by atoms with Crippen LogP contribution in [-0.2, 0) is 28.6 Å². The van der Waals surface area contributed by atoms with Crippen molar-refractivity contribution in [2.75, 3.05) is 26.4 Å². The van der Waals surface area contributed by atoms with Crippen LogP contribution in [0.3, 0.4) is 0 Å². The Bertz CT molecular complexity index is 1280. The largest absolute Gasteiger partial charge is 0.481 e. The van der Waals surface area contributed by atoms with Crippen LogP contribution in [0.2, 0.25) is 0 Å². The molecule has 0 spiro atoms. The molecule has 4 fully saturated rings. The summed E-state index contributed by atoms with van der Waals surface area (Å²) in [6.07, 6.45) is 4.57. The maximum absolute atomic E-state index is 14.7. The number of guanidine groups is 1. The number of hydrogen-bond donors (Lipinski definition) is 4. The van der Waals surface area contributed by atoms with Crippen molar-refractivity contribution in [2.45, 2.75) is 99.7 Å². The van der Waals surface area contributed by atoms with Crippen molar-refractivity contribution in [2.24, 2.45) is 62.4 Å². The van der Waals surface area contributed by atoms with E-state index in [-0.39, 0.29) is 48.0 Å². The first-order chi connectivity index (χ1) is 20.9. The van der Waals surface area contributed by atoms with E-state index < -0.39 is 51.2 Å². The highest BCUT2D eigenvalue weighted by molar-refractivity contribution is 6.00. The molecule has 11 atom stereocenters. The predicted octanol–water partition coefficient (Wildman–Crippen LogP) is 4.55. The fraction of sp³-hybridized carbons (Fsp3) is 0.829. The third kappa shape index (κ3) is 4.78. The van der Waals surface area contributed by atoms with Crippen LogP contribution in [0.25, 0.3) is 0 Å². The van der Waals surface area contributed by atoms with Crippen molar-refractivity contribution < 1.29 is 33.7 Å². The number of carboxylic acid groups (broad SMARTS) is 1. The van der Waals surface area contributed by atoms with Crippen molar-refractivity contribution in [3.8, 4) is 0 Å². The van der Waals surface area contributed by atoms with Crippen LogP contribution in [0.15, 0.2) is 11.6 Å². The van der Waals surface area contributed by atoms with E-state index >= 15 is 0 Å². The van der Waals surface area contributed by atoms with E-state index in [1.54, 1.807) is 0 Å². The van der Waals surface area contributed by atoms with Crippen molar-refractivity contribution in [1.82, 2.24) is 5.32 Å². The number of hydrogen-bond acceptors (Lipinski definition) is 7. The molecule has 0 amide bonds. The van der Waals surface area contributed by atoms with Gasteiger partial charge in [0.2, 0.25) is 0 Å². The zero-order chi connectivity index (χ0) is 33.3. The molecule has 2 bridgehead atoms. The Hall–Kier alpha value is -2.46. The fourth-order valence-electron chi connectivity index (χ4n) is 11.3. The Morgan fingerprint density at radius 1 is 1.16 bits per heavy atom. The summed E-state index contributed by atoms with van der Waals surface area (Å²) in [5.41, 5.74) is 3.37. The number of rotatable bonds is 8. The number of nitrogens with two attached hydrogens (primary N) is 1. The molecule has 10 heteroatoms. The number of fused-ring (bicyclic) bond motifs is 3. The van der Waals surface area contributed by atoms with E-state index in [1.165, 1.54) is 6.92 Å². The average Bonchev–Trinajstić information content (AvgIpc) is 2.93.